The first-order chi connectivity index (χ1) is 6.38. The molecule has 0 aromatic carbocycles. The number of carbonyl (C=O) groups excluding carboxylic acids is 1. The van der Waals surface area contributed by atoms with Crippen molar-refractivity contribution in [1.29, 1.82) is 0 Å². The summed E-state index contributed by atoms with van der Waals surface area (Å²) < 4.78 is 12.5. The molecule has 0 aromatic heterocycles. The largest absolute Gasteiger partial charge is 0.251 e. The highest BCUT2D eigenvalue weighted by Crippen LogP contribution is 2.32. The molecule has 0 radical (unpaired) electrons. The second-order valence-electron chi connectivity index (χ2n) is 3.72. The minimum absolute atomic E-state index is 0.213. The standard InChI is InChI=1S/C10H16FNO/c11-7-10-4-2-1-3-9(10)5-6-12-8-13/h9-10H,1-7H2. The van der Waals surface area contributed by atoms with E-state index in [0.29, 0.717) is 12.5 Å². The Balaban J connectivity index is 2.31. The predicted octanol–water partition coefficient (Wildman–Crippen LogP) is 2.49. The van der Waals surface area contributed by atoms with Crippen LogP contribution in [0.2, 0.25) is 0 Å². The molecule has 0 aromatic rings. The van der Waals surface area contributed by atoms with Gasteiger partial charge in [0.25, 0.3) is 0 Å². The van der Waals surface area contributed by atoms with E-state index >= 15 is 0 Å². The molecule has 1 saturated carbocycles. The lowest BCUT2D eigenvalue weighted by molar-refractivity contribution is 0.185. The van der Waals surface area contributed by atoms with Gasteiger partial charge >= 0.3 is 0 Å². The molecule has 0 bridgehead atoms. The number of nitrogens with zero attached hydrogens (tertiary/aromatic N) is 1. The number of isocyanates is 1. The van der Waals surface area contributed by atoms with E-state index in [1.54, 1.807) is 0 Å². The molecule has 1 fully saturated rings. The smallest absolute Gasteiger partial charge is 0.234 e. The fraction of sp³-hybridized carbons (Fsp3) is 0.900. The van der Waals surface area contributed by atoms with Crippen LogP contribution in [0.25, 0.3) is 0 Å². The van der Waals surface area contributed by atoms with Gasteiger partial charge in [-0.05, 0) is 24.7 Å². The second kappa shape index (κ2) is 5.87. The number of aliphatic imine (C=N–C) groups is 1. The first-order valence-corrected chi connectivity index (χ1v) is 4.98. The molecule has 0 amide bonds. The number of alkyl halides is 1. The molecule has 2 nitrogen and oxygen atoms in total. The lowest BCUT2D eigenvalue weighted by Gasteiger charge is -2.28. The van der Waals surface area contributed by atoms with Crippen molar-refractivity contribution in [3.05, 3.63) is 0 Å². The monoisotopic (exact) mass is 185 g/mol. The van der Waals surface area contributed by atoms with Crippen molar-refractivity contribution in [3.63, 3.8) is 0 Å². The molecule has 1 aliphatic rings. The summed E-state index contributed by atoms with van der Waals surface area (Å²) in [6.45, 7) is 0.306. The van der Waals surface area contributed by atoms with Crippen LogP contribution in [0.5, 0.6) is 0 Å². The van der Waals surface area contributed by atoms with Crippen LogP contribution >= 0.6 is 0 Å². The Bertz CT molecular complexity index is 189. The normalized spacial score (nSPS) is 28.1. The molecule has 2 unspecified atom stereocenters. The quantitative estimate of drug-likeness (QED) is 0.488. The molecule has 1 rings (SSSR count). The summed E-state index contributed by atoms with van der Waals surface area (Å²) in [5.74, 6) is 0.659. The zero-order valence-electron chi connectivity index (χ0n) is 7.84. The van der Waals surface area contributed by atoms with E-state index in [0.717, 1.165) is 25.7 Å². The van der Waals surface area contributed by atoms with Gasteiger partial charge in [0, 0.05) is 0 Å². The lowest BCUT2D eigenvalue weighted by Crippen LogP contribution is -2.21. The van der Waals surface area contributed by atoms with Gasteiger partial charge in [-0.1, -0.05) is 19.3 Å². The van der Waals surface area contributed by atoms with Crippen molar-refractivity contribution in [1.82, 2.24) is 0 Å². The average Bonchev–Trinajstić information content (AvgIpc) is 2.19. The third-order valence-electron chi connectivity index (χ3n) is 2.94. The zero-order chi connectivity index (χ0) is 9.52. The van der Waals surface area contributed by atoms with Crippen LogP contribution in [0, 0.1) is 11.8 Å². The van der Waals surface area contributed by atoms with E-state index in [2.05, 4.69) is 4.99 Å². The van der Waals surface area contributed by atoms with Crippen molar-refractivity contribution in [2.45, 2.75) is 32.1 Å². The first-order valence-electron chi connectivity index (χ1n) is 4.98. The molecular formula is C10H16FNO. The average molecular weight is 185 g/mol. The number of halogens is 1. The molecule has 0 heterocycles. The van der Waals surface area contributed by atoms with Crippen LogP contribution in [-0.4, -0.2) is 19.3 Å². The first kappa shape index (κ1) is 10.4. The van der Waals surface area contributed by atoms with Gasteiger partial charge in [-0.2, -0.15) is 0 Å². The Labute approximate surface area is 78.2 Å². The van der Waals surface area contributed by atoms with Gasteiger partial charge in [0.1, 0.15) is 0 Å². The summed E-state index contributed by atoms with van der Waals surface area (Å²) in [5, 5.41) is 0. The van der Waals surface area contributed by atoms with E-state index in [4.69, 9.17) is 0 Å². The topological polar surface area (TPSA) is 29.4 Å². The maximum atomic E-state index is 12.5. The Morgan fingerprint density at radius 2 is 2.00 bits per heavy atom. The highest BCUT2D eigenvalue weighted by Gasteiger charge is 2.24. The lowest BCUT2D eigenvalue weighted by atomic mass is 9.78. The Morgan fingerprint density at radius 3 is 2.62 bits per heavy atom. The maximum Gasteiger partial charge on any atom is 0.234 e. The van der Waals surface area contributed by atoms with Gasteiger partial charge in [0.05, 0.1) is 13.2 Å². The molecule has 0 aliphatic heterocycles. The highest BCUT2D eigenvalue weighted by atomic mass is 19.1. The number of hydrogen-bond acceptors (Lipinski definition) is 2. The van der Waals surface area contributed by atoms with Crippen LogP contribution in [0.4, 0.5) is 4.39 Å². The molecule has 1 aliphatic carbocycles. The van der Waals surface area contributed by atoms with E-state index in [9.17, 15) is 9.18 Å². The summed E-state index contributed by atoms with van der Waals surface area (Å²) in [7, 11) is 0. The van der Waals surface area contributed by atoms with Crippen LogP contribution < -0.4 is 0 Å². The summed E-state index contributed by atoms with van der Waals surface area (Å²) in [4.78, 5) is 13.3. The third-order valence-corrected chi connectivity index (χ3v) is 2.94. The van der Waals surface area contributed by atoms with Gasteiger partial charge in [-0.15, -0.1) is 0 Å². The van der Waals surface area contributed by atoms with Crippen LogP contribution in [0.15, 0.2) is 4.99 Å². The molecule has 13 heavy (non-hydrogen) atoms. The number of hydrogen-bond donors (Lipinski definition) is 0. The van der Waals surface area contributed by atoms with E-state index in [1.807, 2.05) is 0 Å². The second-order valence-corrected chi connectivity index (χ2v) is 3.72. The van der Waals surface area contributed by atoms with E-state index in [-0.39, 0.29) is 12.6 Å². The molecule has 3 heteroatoms. The van der Waals surface area contributed by atoms with Gasteiger partial charge in [0.2, 0.25) is 6.08 Å². The fourth-order valence-electron chi connectivity index (χ4n) is 2.14. The molecule has 74 valence electrons. The predicted molar refractivity (Wildman–Crippen MR) is 49.0 cm³/mol. The molecule has 0 N–H and O–H groups in total. The van der Waals surface area contributed by atoms with Gasteiger partial charge in [-0.25, -0.2) is 9.79 Å². The number of rotatable bonds is 4. The summed E-state index contributed by atoms with van der Waals surface area (Å²) in [5.41, 5.74) is 0. The highest BCUT2D eigenvalue weighted by molar-refractivity contribution is 5.32. The molecule has 2 atom stereocenters. The Morgan fingerprint density at radius 1 is 1.31 bits per heavy atom. The van der Waals surface area contributed by atoms with Crippen LogP contribution in [0.3, 0.4) is 0 Å². The summed E-state index contributed by atoms with van der Waals surface area (Å²) in [6, 6.07) is 0. The van der Waals surface area contributed by atoms with E-state index < -0.39 is 0 Å². The van der Waals surface area contributed by atoms with Gasteiger partial charge in [-0.3, -0.25) is 4.39 Å². The summed E-state index contributed by atoms with van der Waals surface area (Å²) in [6.07, 6.45) is 6.83. The minimum atomic E-state index is -0.213. The molecule has 0 spiro atoms. The van der Waals surface area contributed by atoms with Gasteiger partial charge < -0.3 is 0 Å². The van der Waals surface area contributed by atoms with Crippen LogP contribution in [0.1, 0.15) is 32.1 Å². The van der Waals surface area contributed by atoms with Crippen molar-refractivity contribution in [2.24, 2.45) is 16.8 Å². The third kappa shape index (κ3) is 3.27. The van der Waals surface area contributed by atoms with Crippen LogP contribution in [-0.2, 0) is 4.79 Å². The Hall–Kier alpha value is -0.690. The SMILES string of the molecule is O=C=NCCC1CCCCC1CF. The molecule has 0 saturated heterocycles. The molecular weight excluding hydrogens is 169 g/mol. The zero-order valence-corrected chi connectivity index (χ0v) is 7.84. The van der Waals surface area contributed by atoms with E-state index in [1.165, 1.54) is 12.5 Å². The van der Waals surface area contributed by atoms with Crippen molar-refractivity contribution in [2.75, 3.05) is 13.2 Å². The minimum Gasteiger partial charge on any atom is -0.251 e. The summed E-state index contributed by atoms with van der Waals surface area (Å²) >= 11 is 0. The van der Waals surface area contributed by atoms with Crippen molar-refractivity contribution >= 4 is 6.08 Å². The van der Waals surface area contributed by atoms with Crippen molar-refractivity contribution in [3.8, 4) is 0 Å². The van der Waals surface area contributed by atoms with Crippen molar-refractivity contribution < 1.29 is 9.18 Å². The van der Waals surface area contributed by atoms with Gasteiger partial charge in [0.15, 0.2) is 0 Å². The fourth-order valence-corrected chi connectivity index (χ4v) is 2.14. The Kier molecular flexibility index (Phi) is 4.69. The maximum absolute atomic E-state index is 12.5.